The lowest BCUT2D eigenvalue weighted by atomic mass is 10.1. The summed E-state index contributed by atoms with van der Waals surface area (Å²) in [4.78, 5) is 38.0. The van der Waals surface area contributed by atoms with Crippen LogP contribution in [0, 0.1) is 6.92 Å². The average molecular weight is 466 g/mol. The van der Waals surface area contributed by atoms with Crippen LogP contribution in [-0.2, 0) is 14.3 Å². The molecule has 7 heteroatoms. The van der Waals surface area contributed by atoms with E-state index in [1.54, 1.807) is 66.7 Å². The number of hydrogen-bond donors (Lipinski definition) is 1. The molecule has 0 aromatic heterocycles. The molecule has 170 valence electrons. The third-order valence-corrected chi connectivity index (χ3v) is 5.18. The second-order valence-corrected chi connectivity index (χ2v) is 7.84. The van der Waals surface area contributed by atoms with Crippen molar-refractivity contribution in [1.82, 2.24) is 0 Å². The van der Waals surface area contributed by atoms with Crippen molar-refractivity contribution < 1.29 is 23.9 Å². The van der Waals surface area contributed by atoms with Crippen molar-refractivity contribution in [2.24, 2.45) is 0 Å². The number of carbonyl (C=O) groups excluding carboxylic acids is 3. The number of esters is 1. The van der Waals surface area contributed by atoms with Gasteiger partial charge in [0.05, 0.1) is 19.2 Å². The van der Waals surface area contributed by atoms with Crippen molar-refractivity contribution in [2.45, 2.75) is 25.9 Å². The zero-order valence-electron chi connectivity index (χ0n) is 18.3. The summed E-state index contributed by atoms with van der Waals surface area (Å²) in [5.74, 6) is -0.908. The second-order valence-electron chi connectivity index (χ2n) is 7.40. The molecule has 3 aromatic carbocycles. The Morgan fingerprint density at radius 3 is 2.30 bits per heavy atom. The number of aryl methyl sites for hydroxylation is 1. The number of ketones is 1. The highest BCUT2D eigenvalue weighted by Crippen LogP contribution is 2.28. The van der Waals surface area contributed by atoms with E-state index in [2.05, 4.69) is 5.32 Å². The Hall–Kier alpha value is -3.64. The fourth-order valence-corrected chi connectivity index (χ4v) is 3.33. The van der Waals surface area contributed by atoms with Crippen LogP contribution in [0.15, 0.2) is 72.8 Å². The number of amides is 1. The Kier molecular flexibility index (Phi) is 8.22. The molecule has 1 N–H and O–H groups in total. The molecule has 0 saturated carbocycles. The summed E-state index contributed by atoms with van der Waals surface area (Å²) >= 11 is 5.84. The van der Waals surface area contributed by atoms with E-state index in [9.17, 15) is 14.4 Å². The molecule has 0 aliphatic carbocycles. The van der Waals surface area contributed by atoms with Gasteiger partial charge in [-0.15, -0.1) is 0 Å². The molecule has 1 amide bonds. The van der Waals surface area contributed by atoms with Gasteiger partial charge in [-0.05, 0) is 48.9 Å². The monoisotopic (exact) mass is 465 g/mol. The van der Waals surface area contributed by atoms with Gasteiger partial charge in [0.15, 0.2) is 5.78 Å². The van der Waals surface area contributed by atoms with E-state index in [1.165, 1.54) is 7.11 Å². The van der Waals surface area contributed by atoms with Gasteiger partial charge in [0.1, 0.15) is 5.75 Å². The van der Waals surface area contributed by atoms with Crippen molar-refractivity contribution >= 4 is 34.9 Å². The third kappa shape index (κ3) is 6.67. The molecule has 3 aromatic rings. The Morgan fingerprint density at radius 2 is 1.64 bits per heavy atom. The first kappa shape index (κ1) is 24.0. The van der Waals surface area contributed by atoms with Gasteiger partial charge in [-0.25, -0.2) is 0 Å². The summed E-state index contributed by atoms with van der Waals surface area (Å²) in [5.41, 5.74) is 2.37. The highest BCUT2D eigenvalue weighted by atomic mass is 35.5. The molecular weight excluding hydrogens is 442 g/mol. The molecule has 1 atom stereocenters. The van der Waals surface area contributed by atoms with Crippen LogP contribution in [0.2, 0.25) is 5.02 Å². The summed E-state index contributed by atoms with van der Waals surface area (Å²) in [6.45, 7) is 1.89. The Balaban J connectivity index is 1.71. The van der Waals surface area contributed by atoms with E-state index >= 15 is 0 Å². The van der Waals surface area contributed by atoms with Crippen molar-refractivity contribution in [3.05, 3.63) is 94.5 Å². The molecule has 0 aliphatic rings. The lowest BCUT2D eigenvalue weighted by Crippen LogP contribution is -2.26. The lowest BCUT2D eigenvalue weighted by molar-refractivity contribution is -0.154. The Bertz CT molecular complexity index is 1130. The van der Waals surface area contributed by atoms with E-state index in [4.69, 9.17) is 21.1 Å². The maximum Gasteiger partial charge on any atom is 0.307 e. The van der Waals surface area contributed by atoms with Crippen molar-refractivity contribution in [3.8, 4) is 5.75 Å². The number of halogens is 1. The summed E-state index contributed by atoms with van der Waals surface area (Å²) in [6, 6.07) is 20.5. The zero-order chi connectivity index (χ0) is 23.8. The first-order valence-electron chi connectivity index (χ1n) is 10.4. The van der Waals surface area contributed by atoms with E-state index in [1.807, 2.05) is 13.0 Å². The molecule has 0 spiro atoms. The number of Topliss-reactive ketones (excluding diaryl/α,β-unsaturated/α-hetero) is 1. The van der Waals surface area contributed by atoms with E-state index in [-0.39, 0.29) is 18.6 Å². The maximum absolute atomic E-state index is 13.1. The lowest BCUT2D eigenvalue weighted by Gasteiger charge is -2.19. The number of methoxy groups -OCH3 is 1. The van der Waals surface area contributed by atoms with Crippen LogP contribution < -0.4 is 10.1 Å². The van der Waals surface area contributed by atoms with Crippen LogP contribution in [-0.4, -0.2) is 24.8 Å². The first-order valence-corrected chi connectivity index (χ1v) is 10.7. The van der Waals surface area contributed by atoms with Crippen LogP contribution in [0.3, 0.4) is 0 Å². The standard InChI is InChI=1S/C26H24ClNO5/c1-17-8-14-23(32-2)21(16-17)28-26(31)25(19-6-4-3-5-7-19)33-24(30)15-13-22(29)18-9-11-20(27)12-10-18/h3-12,14,16,25H,13,15H2,1-2H3,(H,28,31). The zero-order valence-corrected chi connectivity index (χ0v) is 19.1. The molecule has 0 bridgehead atoms. The summed E-state index contributed by atoms with van der Waals surface area (Å²) in [6.07, 6.45) is -1.39. The fourth-order valence-electron chi connectivity index (χ4n) is 3.20. The van der Waals surface area contributed by atoms with Gasteiger partial charge in [-0.1, -0.05) is 48.0 Å². The molecule has 33 heavy (non-hydrogen) atoms. The predicted molar refractivity (Wildman–Crippen MR) is 127 cm³/mol. The number of benzene rings is 3. The predicted octanol–water partition coefficient (Wildman–Crippen LogP) is 5.54. The first-order chi connectivity index (χ1) is 15.9. The average Bonchev–Trinajstić information content (AvgIpc) is 2.82. The van der Waals surface area contributed by atoms with Crippen molar-refractivity contribution in [1.29, 1.82) is 0 Å². The van der Waals surface area contributed by atoms with Crippen LogP contribution >= 0.6 is 11.6 Å². The van der Waals surface area contributed by atoms with Gasteiger partial charge in [-0.2, -0.15) is 0 Å². The van der Waals surface area contributed by atoms with Gasteiger partial charge >= 0.3 is 5.97 Å². The smallest absolute Gasteiger partial charge is 0.307 e. The Labute approximate surface area is 197 Å². The van der Waals surface area contributed by atoms with Crippen molar-refractivity contribution in [3.63, 3.8) is 0 Å². The minimum atomic E-state index is -1.19. The maximum atomic E-state index is 13.1. The van der Waals surface area contributed by atoms with E-state index in [0.29, 0.717) is 27.6 Å². The minimum Gasteiger partial charge on any atom is -0.495 e. The molecule has 0 fully saturated rings. The normalized spacial score (nSPS) is 11.4. The number of hydrogen-bond acceptors (Lipinski definition) is 5. The molecule has 0 saturated heterocycles. The summed E-state index contributed by atoms with van der Waals surface area (Å²) in [5, 5.41) is 3.30. The highest BCUT2D eigenvalue weighted by molar-refractivity contribution is 6.30. The summed E-state index contributed by atoms with van der Waals surface area (Å²) in [7, 11) is 1.51. The van der Waals surface area contributed by atoms with Crippen molar-refractivity contribution in [2.75, 3.05) is 12.4 Å². The number of anilines is 1. The quantitative estimate of drug-likeness (QED) is 0.331. The molecule has 3 rings (SSSR count). The number of nitrogens with one attached hydrogen (secondary N) is 1. The van der Waals surface area contributed by atoms with Gasteiger partial charge in [0, 0.05) is 22.6 Å². The second kappa shape index (κ2) is 11.3. The summed E-state index contributed by atoms with van der Waals surface area (Å²) < 4.78 is 10.8. The number of rotatable bonds is 9. The molecule has 0 aliphatic heterocycles. The molecule has 0 radical (unpaired) electrons. The molecule has 1 unspecified atom stereocenters. The van der Waals surface area contributed by atoms with E-state index < -0.39 is 18.0 Å². The fraction of sp³-hybridized carbons (Fsp3) is 0.192. The SMILES string of the molecule is COc1ccc(C)cc1NC(=O)C(OC(=O)CCC(=O)c1ccc(Cl)cc1)c1ccccc1. The Morgan fingerprint density at radius 1 is 0.939 bits per heavy atom. The molecule has 0 heterocycles. The highest BCUT2D eigenvalue weighted by Gasteiger charge is 2.26. The van der Waals surface area contributed by atoms with E-state index in [0.717, 1.165) is 5.56 Å². The minimum absolute atomic E-state index is 0.0463. The van der Waals surface area contributed by atoms with Crippen LogP contribution in [0.1, 0.15) is 40.4 Å². The largest absolute Gasteiger partial charge is 0.495 e. The van der Waals surface area contributed by atoms with Crippen LogP contribution in [0.5, 0.6) is 5.75 Å². The number of ether oxygens (including phenoxy) is 2. The van der Waals surface area contributed by atoms with Crippen LogP contribution in [0.4, 0.5) is 5.69 Å². The molecular formula is C26H24ClNO5. The van der Waals surface area contributed by atoms with Gasteiger partial charge < -0.3 is 14.8 Å². The topological polar surface area (TPSA) is 81.7 Å². The van der Waals surface area contributed by atoms with Gasteiger partial charge in [-0.3, -0.25) is 14.4 Å². The number of carbonyl (C=O) groups is 3. The molecule has 6 nitrogen and oxygen atoms in total. The third-order valence-electron chi connectivity index (χ3n) is 4.92. The van der Waals surface area contributed by atoms with Crippen LogP contribution in [0.25, 0.3) is 0 Å². The van der Waals surface area contributed by atoms with Gasteiger partial charge in [0.25, 0.3) is 5.91 Å². The van der Waals surface area contributed by atoms with Gasteiger partial charge in [0.2, 0.25) is 6.10 Å².